The van der Waals surface area contributed by atoms with E-state index in [4.69, 9.17) is 9.15 Å². The second kappa shape index (κ2) is 6.26. The smallest absolute Gasteiger partial charge is 0.146 e. The molecule has 0 bridgehead atoms. The van der Waals surface area contributed by atoms with Gasteiger partial charge in [-0.2, -0.15) is 0 Å². The summed E-state index contributed by atoms with van der Waals surface area (Å²) in [4.78, 5) is 0. The van der Waals surface area contributed by atoms with Crippen LogP contribution in [0.25, 0.3) is 0 Å². The first-order valence-electron chi connectivity index (χ1n) is 6.26. The van der Waals surface area contributed by atoms with Gasteiger partial charge in [0.1, 0.15) is 23.9 Å². The van der Waals surface area contributed by atoms with Crippen LogP contribution in [0.5, 0.6) is 5.75 Å². The van der Waals surface area contributed by atoms with Crippen LogP contribution in [0.2, 0.25) is 0 Å². The molecule has 1 aromatic heterocycles. The fourth-order valence-corrected chi connectivity index (χ4v) is 1.75. The third kappa shape index (κ3) is 3.37. The molecule has 0 saturated heterocycles. The highest BCUT2D eigenvalue weighted by molar-refractivity contribution is 5.23. The summed E-state index contributed by atoms with van der Waals surface area (Å²) in [5.74, 6) is 2.72. The molecule has 96 valence electrons. The second-order valence-electron chi connectivity index (χ2n) is 4.20. The van der Waals surface area contributed by atoms with E-state index in [-0.39, 0.29) is 0 Å². The quantitative estimate of drug-likeness (QED) is 0.848. The molecule has 0 aliphatic rings. The first-order valence-corrected chi connectivity index (χ1v) is 6.26. The Hall–Kier alpha value is -1.74. The van der Waals surface area contributed by atoms with Crippen LogP contribution >= 0.6 is 0 Å². The normalized spacial score (nSPS) is 10.6. The number of para-hydroxylation sites is 1. The first kappa shape index (κ1) is 12.7. The van der Waals surface area contributed by atoms with E-state index in [1.807, 2.05) is 36.4 Å². The van der Waals surface area contributed by atoms with Crippen LogP contribution in [0.1, 0.15) is 24.0 Å². The van der Waals surface area contributed by atoms with Crippen LogP contribution in [-0.2, 0) is 13.2 Å². The number of aryl methyl sites for hydroxylation is 1. The molecule has 0 radical (unpaired) electrons. The molecule has 0 fully saturated rings. The summed E-state index contributed by atoms with van der Waals surface area (Å²) in [5.41, 5.74) is 1.17. The molecule has 3 heteroatoms. The van der Waals surface area contributed by atoms with Gasteiger partial charge < -0.3 is 14.5 Å². The van der Waals surface area contributed by atoms with Gasteiger partial charge in [-0.15, -0.1) is 0 Å². The van der Waals surface area contributed by atoms with Crippen molar-refractivity contribution in [2.45, 2.75) is 27.0 Å². The van der Waals surface area contributed by atoms with Crippen LogP contribution < -0.4 is 10.1 Å². The summed E-state index contributed by atoms with van der Waals surface area (Å²) in [5, 5.41) is 3.26. The topological polar surface area (TPSA) is 34.4 Å². The molecule has 18 heavy (non-hydrogen) atoms. The summed E-state index contributed by atoms with van der Waals surface area (Å²) < 4.78 is 11.4. The molecule has 2 aromatic rings. The van der Waals surface area contributed by atoms with E-state index in [0.717, 1.165) is 30.4 Å². The highest BCUT2D eigenvalue weighted by Gasteiger charge is 2.07. The van der Waals surface area contributed by atoms with Crippen molar-refractivity contribution in [3.63, 3.8) is 0 Å². The van der Waals surface area contributed by atoms with Gasteiger partial charge in [-0.3, -0.25) is 0 Å². The highest BCUT2D eigenvalue weighted by Crippen LogP contribution is 2.17. The molecular formula is C15H19NO2. The largest absolute Gasteiger partial charge is 0.486 e. The van der Waals surface area contributed by atoms with E-state index in [0.29, 0.717) is 6.61 Å². The summed E-state index contributed by atoms with van der Waals surface area (Å²) in [6.45, 7) is 6.32. The molecule has 3 nitrogen and oxygen atoms in total. The number of benzene rings is 1. The Morgan fingerprint density at radius 3 is 2.72 bits per heavy atom. The predicted molar refractivity (Wildman–Crippen MR) is 71.6 cm³/mol. The molecular weight excluding hydrogens is 226 g/mol. The molecule has 0 atom stereocenters. The molecule has 0 amide bonds. The maximum absolute atomic E-state index is 5.75. The fraction of sp³-hybridized carbons (Fsp3) is 0.333. The molecule has 0 aliphatic carbocycles. The van der Waals surface area contributed by atoms with Crippen molar-refractivity contribution in [2.24, 2.45) is 0 Å². The van der Waals surface area contributed by atoms with E-state index in [9.17, 15) is 0 Å². The lowest BCUT2D eigenvalue weighted by molar-refractivity contribution is 0.265. The number of hydrogen-bond acceptors (Lipinski definition) is 3. The monoisotopic (exact) mass is 245 g/mol. The first-order chi connectivity index (χ1) is 8.79. The third-order valence-corrected chi connectivity index (χ3v) is 2.73. The Labute approximate surface area is 108 Å². The number of hydrogen-bond donors (Lipinski definition) is 1. The molecule has 1 aromatic carbocycles. The lowest BCUT2D eigenvalue weighted by atomic mass is 10.2. The van der Waals surface area contributed by atoms with Gasteiger partial charge in [0.25, 0.3) is 0 Å². The molecule has 0 unspecified atom stereocenters. The average molecular weight is 245 g/mol. The lowest BCUT2D eigenvalue weighted by Gasteiger charge is -2.03. The van der Waals surface area contributed by atoms with Crippen LogP contribution in [0, 0.1) is 6.92 Å². The molecule has 0 spiro atoms. The van der Waals surface area contributed by atoms with Crippen molar-refractivity contribution in [1.82, 2.24) is 5.32 Å². The lowest BCUT2D eigenvalue weighted by Crippen LogP contribution is -2.11. The molecule has 1 heterocycles. The Bertz CT molecular complexity index is 476. The Morgan fingerprint density at radius 1 is 1.22 bits per heavy atom. The minimum Gasteiger partial charge on any atom is -0.486 e. The van der Waals surface area contributed by atoms with Crippen LogP contribution in [-0.4, -0.2) is 6.54 Å². The van der Waals surface area contributed by atoms with Crippen molar-refractivity contribution in [3.8, 4) is 5.75 Å². The minimum absolute atomic E-state index is 0.469. The SMILES string of the molecule is CCNCc1oc(COc2ccccc2)cc1C. The minimum atomic E-state index is 0.469. The zero-order valence-electron chi connectivity index (χ0n) is 10.9. The van der Waals surface area contributed by atoms with Crippen LogP contribution in [0.15, 0.2) is 40.8 Å². The zero-order valence-corrected chi connectivity index (χ0v) is 10.9. The Kier molecular flexibility index (Phi) is 4.42. The fourth-order valence-electron chi connectivity index (χ4n) is 1.75. The van der Waals surface area contributed by atoms with Gasteiger partial charge in [0, 0.05) is 0 Å². The van der Waals surface area contributed by atoms with E-state index >= 15 is 0 Å². The van der Waals surface area contributed by atoms with Gasteiger partial charge in [0.2, 0.25) is 0 Å². The summed E-state index contributed by atoms with van der Waals surface area (Å²) in [7, 11) is 0. The maximum Gasteiger partial charge on any atom is 0.146 e. The van der Waals surface area contributed by atoms with Crippen molar-refractivity contribution >= 4 is 0 Å². The molecule has 0 saturated carbocycles. The van der Waals surface area contributed by atoms with E-state index < -0.39 is 0 Å². The van der Waals surface area contributed by atoms with E-state index in [1.54, 1.807) is 0 Å². The average Bonchev–Trinajstić information content (AvgIpc) is 2.76. The standard InChI is InChI=1S/C15H19NO2/c1-3-16-10-15-12(2)9-14(18-15)11-17-13-7-5-4-6-8-13/h4-9,16H,3,10-11H2,1-2H3. The highest BCUT2D eigenvalue weighted by atomic mass is 16.5. The van der Waals surface area contributed by atoms with E-state index in [1.165, 1.54) is 5.56 Å². The predicted octanol–water partition coefficient (Wildman–Crippen LogP) is 3.28. The van der Waals surface area contributed by atoms with Crippen molar-refractivity contribution in [1.29, 1.82) is 0 Å². The number of furan rings is 1. The van der Waals surface area contributed by atoms with Gasteiger partial charge >= 0.3 is 0 Å². The Balaban J connectivity index is 1.94. The summed E-state index contributed by atoms with van der Waals surface area (Å²) in [6.07, 6.45) is 0. The van der Waals surface area contributed by atoms with Gasteiger partial charge in [0.05, 0.1) is 6.54 Å². The van der Waals surface area contributed by atoms with Gasteiger partial charge in [-0.1, -0.05) is 25.1 Å². The molecule has 2 rings (SSSR count). The molecule has 0 aliphatic heterocycles. The summed E-state index contributed by atoms with van der Waals surface area (Å²) >= 11 is 0. The van der Waals surface area contributed by atoms with Crippen LogP contribution in [0.4, 0.5) is 0 Å². The number of rotatable bonds is 6. The van der Waals surface area contributed by atoms with E-state index in [2.05, 4.69) is 19.2 Å². The second-order valence-corrected chi connectivity index (χ2v) is 4.20. The third-order valence-electron chi connectivity index (χ3n) is 2.73. The maximum atomic E-state index is 5.75. The van der Waals surface area contributed by atoms with Crippen molar-refractivity contribution < 1.29 is 9.15 Å². The van der Waals surface area contributed by atoms with Crippen LogP contribution in [0.3, 0.4) is 0 Å². The van der Waals surface area contributed by atoms with Crippen molar-refractivity contribution in [2.75, 3.05) is 6.54 Å². The van der Waals surface area contributed by atoms with Crippen molar-refractivity contribution in [3.05, 3.63) is 53.5 Å². The Morgan fingerprint density at radius 2 is 2.00 bits per heavy atom. The van der Waals surface area contributed by atoms with Gasteiger partial charge in [0.15, 0.2) is 0 Å². The number of ether oxygens (including phenoxy) is 1. The van der Waals surface area contributed by atoms with Gasteiger partial charge in [-0.25, -0.2) is 0 Å². The number of nitrogens with one attached hydrogen (secondary N) is 1. The zero-order chi connectivity index (χ0) is 12.8. The molecule has 1 N–H and O–H groups in total. The summed E-state index contributed by atoms with van der Waals surface area (Å²) in [6, 6.07) is 11.8. The van der Waals surface area contributed by atoms with Gasteiger partial charge in [-0.05, 0) is 37.2 Å².